The number of rotatable bonds is 1. The first-order valence-corrected chi connectivity index (χ1v) is 4.54. The van der Waals surface area contributed by atoms with Gasteiger partial charge in [-0.05, 0) is 35.0 Å². The minimum absolute atomic E-state index is 0.620. The highest BCUT2D eigenvalue weighted by Crippen LogP contribution is 2.32. The summed E-state index contributed by atoms with van der Waals surface area (Å²) in [6, 6.07) is 3.67. The molecule has 0 N–H and O–H groups in total. The van der Waals surface area contributed by atoms with Crippen molar-refractivity contribution in [3.05, 3.63) is 22.6 Å². The van der Waals surface area contributed by atoms with Gasteiger partial charge in [-0.1, -0.05) is 0 Å². The molecule has 0 unspecified atom stereocenters. The zero-order chi connectivity index (χ0) is 8.60. The summed E-state index contributed by atoms with van der Waals surface area (Å²) in [4.78, 5) is 0. The number of halogens is 1. The molecule has 2 rings (SSSR count). The monoisotopic (exact) mass is 232 g/mol. The Hall–Kier alpha value is -0.320. The Balaban J connectivity index is 2.28. The van der Waals surface area contributed by atoms with E-state index < -0.39 is 5.79 Å². The first-order chi connectivity index (χ1) is 5.71. The van der Waals surface area contributed by atoms with Crippen molar-refractivity contribution >= 4 is 15.9 Å². The number of ether oxygens (including phenoxy) is 2. The van der Waals surface area contributed by atoms with E-state index in [-0.39, 0.29) is 0 Å². The van der Waals surface area contributed by atoms with Gasteiger partial charge < -0.3 is 13.9 Å². The van der Waals surface area contributed by atoms with Crippen molar-refractivity contribution in [3.8, 4) is 0 Å². The van der Waals surface area contributed by atoms with Crippen LogP contribution in [-0.2, 0) is 15.3 Å². The highest BCUT2D eigenvalue weighted by Gasteiger charge is 2.36. The standard InChI is InChI=1S/C8H9BrO3/c1-8(10-4-5-11-8)6-2-3-7(9)12-6/h2-3H,4-5H2,1H3. The van der Waals surface area contributed by atoms with E-state index in [1.807, 2.05) is 19.1 Å². The Morgan fingerprint density at radius 3 is 2.50 bits per heavy atom. The Bertz CT molecular complexity index is 276. The fourth-order valence-electron chi connectivity index (χ4n) is 1.22. The van der Waals surface area contributed by atoms with E-state index in [2.05, 4.69) is 15.9 Å². The molecule has 0 saturated carbocycles. The zero-order valence-electron chi connectivity index (χ0n) is 6.67. The van der Waals surface area contributed by atoms with Crippen LogP contribution in [0.25, 0.3) is 0 Å². The summed E-state index contributed by atoms with van der Waals surface area (Å²) in [5.41, 5.74) is 0. The number of furan rings is 1. The average Bonchev–Trinajstić information content (AvgIpc) is 2.59. The molecule has 1 fully saturated rings. The summed E-state index contributed by atoms with van der Waals surface area (Å²) in [7, 11) is 0. The van der Waals surface area contributed by atoms with E-state index in [0.717, 1.165) is 0 Å². The van der Waals surface area contributed by atoms with Crippen molar-refractivity contribution < 1.29 is 13.9 Å². The fraction of sp³-hybridized carbons (Fsp3) is 0.500. The van der Waals surface area contributed by atoms with Gasteiger partial charge in [0.05, 0.1) is 13.2 Å². The molecule has 0 aliphatic carbocycles. The van der Waals surface area contributed by atoms with Crippen LogP contribution in [0, 0.1) is 0 Å². The molecule has 0 amide bonds. The summed E-state index contributed by atoms with van der Waals surface area (Å²) in [6.45, 7) is 3.09. The summed E-state index contributed by atoms with van der Waals surface area (Å²) in [6.07, 6.45) is 0. The SMILES string of the molecule is CC1(c2ccc(Br)o2)OCCO1. The molecule has 0 bridgehead atoms. The van der Waals surface area contributed by atoms with Gasteiger partial charge in [0.25, 0.3) is 0 Å². The quantitative estimate of drug-likeness (QED) is 0.745. The minimum Gasteiger partial charge on any atom is -0.449 e. The lowest BCUT2D eigenvalue weighted by molar-refractivity contribution is -0.163. The molecule has 3 nitrogen and oxygen atoms in total. The first-order valence-electron chi connectivity index (χ1n) is 3.74. The second kappa shape index (κ2) is 2.87. The molecule has 1 saturated heterocycles. The lowest BCUT2D eigenvalue weighted by atomic mass is 10.2. The maximum absolute atomic E-state index is 5.40. The lowest BCUT2D eigenvalue weighted by Crippen LogP contribution is -2.21. The van der Waals surface area contributed by atoms with Crippen molar-refractivity contribution in [1.29, 1.82) is 0 Å². The summed E-state index contributed by atoms with van der Waals surface area (Å²) >= 11 is 3.23. The van der Waals surface area contributed by atoms with Crippen LogP contribution >= 0.6 is 15.9 Å². The van der Waals surface area contributed by atoms with Crippen LogP contribution in [-0.4, -0.2) is 13.2 Å². The van der Waals surface area contributed by atoms with Gasteiger partial charge in [-0.3, -0.25) is 0 Å². The second-order valence-corrected chi connectivity index (χ2v) is 3.53. The van der Waals surface area contributed by atoms with Gasteiger partial charge in [-0.25, -0.2) is 0 Å². The lowest BCUT2D eigenvalue weighted by Gasteiger charge is -2.18. The topological polar surface area (TPSA) is 31.6 Å². The third-order valence-electron chi connectivity index (χ3n) is 1.86. The largest absolute Gasteiger partial charge is 0.449 e. The van der Waals surface area contributed by atoms with Crippen LogP contribution in [0.4, 0.5) is 0 Å². The predicted molar refractivity (Wildman–Crippen MR) is 45.7 cm³/mol. The van der Waals surface area contributed by atoms with Gasteiger partial charge in [-0.15, -0.1) is 0 Å². The van der Waals surface area contributed by atoms with E-state index in [4.69, 9.17) is 13.9 Å². The molecule has 0 radical (unpaired) electrons. The molecule has 1 aromatic heterocycles. The maximum Gasteiger partial charge on any atom is 0.225 e. The normalized spacial score (nSPS) is 21.5. The van der Waals surface area contributed by atoms with E-state index in [1.165, 1.54) is 0 Å². The molecule has 0 spiro atoms. The molecule has 1 aromatic rings. The zero-order valence-corrected chi connectivity index (χ0v) is 8.26. The van der Waals surface area contributed by atoms with Crippen LogP contribution in [0.3, 0.4) is 0 Å². The molecular formula is C8H9BrO3. The van der Waals surface area contributed by atoms with Gasteiger partial charge in [-0.2, -0.15) is 0 Å². The second-order valence-electron chi connectivity index (χ2n) is 2.75. The van der Waals surface area contributed by atoms with Gasteiger partial charge in [0.15, 0.2) is 10.4 Å². The molecule has 1 aliphatic rings. The van der Waals surface area contributed by atoms with E-state index in [1.54, 1.807) is 0 Å². The van der Waals surface area contributed by atoms with Crippen molar-refractivity contribution in [2.45, 2.75) is 12.7 Å². The van der Waals surface area contributed by atoms with Crippen LogP contribution in [0.5, 0.6) is 0 Å². The minimum atomic E-state index is -0.688. The Morgan fingerprint density at radius 2 is 2.00 bits per heavy atom. The van der Waals surface area contributed by atoms with Crippen LogP contribution < -0.4 is 0 Å². The van der Waals surface area contributed by atoms with E-state index in [9.17, 15) is 0 Å². The fourth-order valence-corrected chi connectivity index (χ4v) is 1.52. The molecule has 0 atom stereocenters. The molecule has 12 heavy (non-hydrogen) atoms. The highest BCUT2D eigenvalue weighted by atomic mass is 79.9. The van der Waals surface area contributed by atoms with E-state index >= 15 is 0 Å². The summed E-state index contributed by atoms with van der Waals surface area (Å²) in [5, 5.41) is 0. The Morgan fingerprint density at radius 1 is 1.33 bits per heavy atom. The summed E-state index contributed by atoms with van der Waals surface area (Å²) < 4.78 is 16.8. The Kier molecular flexibility index (Phi) is 1.98. The third kappa shape index (κ3) is 1.30. The van der Waals surface area contributed by atoms with Crippen LogP contribution in [0.15, 0.2) is 21.2 Å². The van der Waals surface area contributed by atoms with E-state index in [0.29, 0.717) is 23.6 Å². The number of hydrogen-bond donors (Lipinski definition) is 0. The predicted octanol–water partition coefficient (Wildman–Crippen LogP) is 2.26. The molecule has 66 valence electrons. The van der Waals surface area contributed by atoms with Gasteiger partial charge in [0.1, 0.15) is 0 Å². The van der Waals surface area contributed by atoms with Gasteiger partial charge >= 0.3 is 0 Å². The molecule has 2 heterocycles. The van der Waals surface area contributed by atoms with Gasteiger partial charge in [0, 0.05) is 0 Å². The molecular weight excluding hydrogens is 224 g/mol. The van der Waals surface area contributed by atoms with Crippen LogP contribution in [0.2, 0.25) is 0 Å². The van der Waals surface area contributed by atoms with Crippen molar-refractivity contribution in [2.75, 3.05) is 13.2 Å². The average molecular weight is 233 g/mol. The van der Waals surface area contributed by atoms with Gasteiger partial charge in [0.2, 0.25) is 5.79 Å². The third-order valence-corrected chi connectivity index (χ3v) is 2.29. The van der Waals surface area contributed by atoms with Crippen molar-refractivity contribution in [2.24, 2.45) is 0 Å². The molecule has 4 heteroatoms. The highest BCUT2D eigenvalue weighted by molar-refractivity contribution is 9.10. The summed E-state index contributed by atoms with van der Waals surface area (Å²) in [5.74, 6) is 0.0123. The molecule has 0 aromatic carbocycles. The smallest absolute Gasteiger partial charge is 0.225 e. The maximum atomic E-state index is 5.40. The van der Waals surface area contributed by atoms with Crippen LogP contribution in [0.1, 0.15) is 12.7 Å². The number of hydrogen-bond acceptors (Lipinski definition) is 3. The van der Waals surface area contributed by atoms with Crippen molar-refractivity contribution in [1.82, 2.24) is 0 Å². The first kappa shape index (κ1) is 8.29. The Labute approximate surface area is 78.8 Å². The van der Waals surface area contributed by atoms with Crippen molar-refractivity contribution in [3.63, 3.8) is 0 Å². The molecule has 1 aliphatic heterocycles.